The number of amides is 1. The van der Waals surface area contributed by atoms with Crippen LogP contribution in [-0.4, -0.2) is 32.2 Å². The number of nitrogens with zero attached hydrogens (tertiary/aromatic N) is 1. The summed E-state index contributed by atoms with van der Waals surface area (Å²) >= 11 is 0. The van der Waals surface area contributed by atoms with Crippen LogP contribution in [0.1, 0.15) is 5.56 Å². The van der Waals surface area contributed by atoms with Crippen molar-refractivity contribution in [2.24, 2.45) is 0 Å². The van der Waals surface area contributed by atoms with E-state index in [2.05, 4.69) is 5.32 Å². The molecule has 3 rings (SSSR count). The molecule has 1 aliphatic heterocycles. The smallest absolute Gasteiger partial charge is 0.228 e. The molecule has 1 aliphatic rings. The van der Waals surface area contributed by atoms with Gasteiger partial charge in [0.15, 0.2) is 0 Å². The molecule has 2 aromatic rings. The fourth-order valence-electron chi connectivity index (χ4n) is 2.68. The Morgan fingerprint density at radius 1 is 1.17 bits per heavy atom. The number of morpholine rings is 1. The number of nitrogens with one attached hydrogen (secondary N) is 1. The first-order valence-electron chi connectivity index (χ1n) is 7.88. The zero-order valence-corrected chi connectivity index (χ0v) is 13.3. The number of rotatable bonds is 4. The van der Waals surface area contributed by atoms with Gasteiger partial charge in [0, 0.05) is 30.2 Å². The molecule has 5 nitrogen and oxygen atoms in total. The number of carbonyl (C=O) groups excluding carboxylic acids is 1. The van der Waals surface area contributed by atoms with Crippen LogP contribution in [0, 0.1) is 5.82 Å². The first-order valence-corrected chi connectivity index (χ1v) is 7.88. The van der Waals surface area contributed by atoms with Crippen LogP contribution in [0.2, 0.25) is 0 Å². The van der Waals surface area contributed by atoms with Gasteiger partial charge in [-0.2, -0.15) is 0 Å². The molecular weight excluding hydrogens is 309 g/mol. The van der Waals surface area contributed by atoms with E-state index >= 15 is 0 Å². The van der Waals surface area contributed by atoms with Gasteiger partial charge in [-0.25, -0.2) is 4.39 Å². The number of hydrogen-bond donors (Lipinski definition) is 2. The molecule has 0 unspecified atom stereocenters. The van der Waals surface area contributed by atoms with E-state index in [0.717, 1.165) is 11.3 Å². The Balaban J connectivity index is 1.68. The molecule has 0 radical (unpaired) electrons. The minimum Gasteiger partial charge on any atom is -0.399 e. The van der Waals surface area contributed by atoms with Crippen molar-refractivity contribution in [3.05, 3.63) is 53.8 Å². The molecule has 2 aromatic carbocycles. The molecule has 0 atom stereocenters. The highest BCUT2D eigenvalue weighted by Crippen LogP contribution is 2.23. The summed E-state index contributed by atoms with van der Waals surface area (Å²) in [5.74, 6) is -0.569. The Morgan fingerprint density at radius 3 is 2.58 bits per heavy atom. The van der Waals surface area contributed by atoms with Crippen LogP contribution in [0.25, 0.3) is 0 Å². The van der Waals surface area contributed by atoms with E-state index in [-0.39, 0.29) is 18.1 Å². The van der Waals surface area contributed by atoms with E-state index in [1.807, 2.05) is 4.90 Å². The molecule has 0 bridgehead atoms. The second-order valence-corrected chi connectivity index (χ2v) is 5.76. The van der Waals surface area contributed by atoms with Gasteiger partial charge in [-0.1, -0.05) is 12.1 Å². The third kappa shape index (κ3) is 4.23. The minimum absolute atomic E-state index is 0.196. The van der Waals surface area contributed by atoms with Gasteiger partial charge in [0.05, 0.1) is 19.6 Å². The monoisotopic (exact) mass is 329 g/mol. The molecule has 1 saturated heterocycles. The second-order valence-electron chi connectivity index (χ2n) is 5.76. The van der Waals surface area contributed by atoms with Crippen LogP contribution >= 0.6 is 0 Å². The van der Waals surface area contributed by atoms with E-state index in [0.29, 0.717) is 37.7 Å². The largest absolute Gasteiger partial charge is 0.399 e. The van der Waals surface area contributed by atoms with Gasteiger partial charge in [-0.3, -0.25) is 4.79 Å². The molecule has 1 amide bonds. The van der Waals surface area contributed by atoms with Crippen LogP contribution in [0.4, 0.5) is 21.5 Å². The van der Waals surface area contributed by atoms with Gasteiger partial charge in [-0.15, -0.1) is 0 Å². The molecule has 0 saturated carbocycles. The SMILES string of the molecule is Nc1ccc(CC(=O)Nc2cc(F)cc(N3CCOCC3)c2)cc1. The molecule has 0 aromatic heterocycles. The lowest BCUT2D eigenvalue weighted by atomic mass is 10.1. The summed E-state index contributed by atoms with van der Waals surface area (Å²) in [6, 6.07) is 11.7. The predicted octanol–water partition coefficient (Wildman–Crippen LogP) is 2.43. The summed E-state index contributed by atoms with van der Waals surface area (Å²) < 4.78 is 19.2. The summed E-state index contributed by atoms with van der Waals surface area (Å²) in [6.07, 6.45) is 0.212. The van der Waals surface area contributed by atoms with Gasteiger partial charge in [-0.05, 0) is 35.9 Å². The number of halogens is 1. The van der Waals surface area contributed by atoms with E-state index in [1.54, 1.807) is 30.3 Å². The maximum atomic E-state index is 13.9. The molecule has 6 heteroatoms. The number of nitrogens with two attached hydrogens (primary N) is 1. The lowest BCUT2D eigenvalue weighted by Gasteiger charge is -2.29. The number of ether oxygens (including phenoxy) is 1. The van der Waals surface area contributed by atoms with Gasteiger partial charge in [0.25, 0.3) is 0 Å². The molecule has 126 valence electrons. The normalized spacial score (nSPS) is 14.5. The average Bonchev–Trinajstić information content (AvgIpc) is 2.57. The van der Waals surface area contributed by atoms with Crippen LogP contribution in [0.5, 0.6) is 0 Å². The van der Waals surface area contributed by atoms with Crippen LogP contribution in [-0.2, 0) is 16.0 Å². The third-order valence-corrected chi connectivity index (χ3v) is 3.89. The maximum Gasteiger partial charge on any atom is 0.228 e. The van der Waals surface area contributed by atoms with Gasteiger partial charge >= 0.3 is 0 Å². The van der Waals surface area contributed by atoms with Crippen molar-refractivity contribution in [3.8, 4) is 0 Å². The van der Waals surface area contributed by atoms with Crippen LogP contribution in [0.3, 0.4) is 0 Å². The van der Waals surface area contributed by atoms with Crippen molar-refractivity contribution < 1.29 is 13.9 Å². The number of benzene rings is 2. The second kappa shape index (κ2) is 7.31. The van der Waals surface area contributed by atoms with Gasteiger partial charge in [0.2, 0.25) is 5.91 Å². The summed E-state index contributed by atoms with van der Waals surface area (Å²) in [5, 5.41) is 2.76. The zero-order chi connectivity index (χ0) is 16.9. The fraction of sp³-hybridized carbons (Fsp3) is 0.278. The fourth-order valence-corrected chi connectivity index (χ4v) is 2.68. The number of nitrogen functional groups attached to an aromatic ring is 1. The van der Waals surface area contributed by atoms with E-state index in [4.69, 9.17) is 10.5 Å². The van der Waals surface area contributed by atoms with Crippen molar-refractivity contribution in [1.82, 2.24) is 0 Å². The maximum absolute atomic E-state index is 13.9. The zero-order valence-electron chi connectivity index (χ0n) is 13.3. The van der Waals surface area contributed by atoms with E-state index < -0.39 is 0 Å². The topological polar surface area (TPSA) is 67.6 Å². The lowest BCUT2D eigenvalue weighted by molar-refractivity contribution is -0.115. The van der Waals surface area contributed by atoms with Crippen LogP contribution < -0.4 is 16.0 Å². The summed E-state index contributed by atoms with van der Waals surface area (Å²) in [7, 11) is 0. The quantitative estimate of drug-likeness (QED) is 0.846. The number of hydrogen-bond acceptors (Lipinski definition) is 4. The Kier molecular flexibility index (Phi) is 4.96. The number of carbonyl (C=O) groups is 1. The van der Waals surface area contributed by atoms with Crippen LogP contribution in [0.15, 0.2) is 42.5 Å². The molecule has 0 aliphatic carbocycles. The molecule has 0 spiro atoms. The summed E-state index contributed by atoms with van der Waals surface area (Å²) in [4.78, 5) is 14.2. The summed E-state index contributed by atoms with van der Waals surface area (Å²) in [6.45, 7) is 2.66. The Morgan fingerprint density at radius 2 is 1.88 bits per heavy atom. The van der Waals surface area contributed by atoms with Crippen molar-refractivity contribution in [2.75, 3.05) is 42.3 Å². The van der Waals surface area contributed by atoms with Gasteiger partial charge in [0.1, 0.15) is 5.82 Å². The lowest BCUT2D eigenvalue weighted by Crippen LogP contribution is -2.36. The highest BCUT2D eigenvalue weighted by molar-refractivity contribution is 5.92. The Hall–Kier alpha value is -2.60. The molecule has 24 heavy (non-hydrogen) atoms. The Bertz CT molecular complexity index is 713. The van der Waals surface area contributed by atoms with E-state index in [9.17, 15) is 9.18 Å². The first kappa shape index (κ1) is 16.3. The highest BCUT2D eigenvalue weighted by atomic mass is 19.1. The number of anilines is 3. The molecule has 3 N–H and O–H groups in total. The Labute approximate surface area is 140 Å². The molecular formula is C18H20FN3O2. The third-order valence-electron chi connectivity index (χ3n) is 3.89. The van der Waals surface area contributed by atoms with Crippen molar-refractivity contribution >= 4 is 23.0 Å². The summed E-state index contributed by atoms with van der Waals surface area (Å²) in [5.41, 5.74) is 8.34. The van der Waals surface area contributed by atoms with E-state index in [1.165, 1.54) is 12.1 Å². The van der Waals surface area contributed by atoms with Gasteiger partial charge < -0.3 is 20.7 Å². The molecule has 1 heterocycles. The molecule has 1 fully saturated rings. The minimum atomic E-state index is -0.373. The highest BCUT2D eigenvalue weighted by Gasteiger charge is 2.14. The van der Waals surface area contributed by atoms with Crippen molar-refractivity contribution in [3.63, 3.8) is 0 Å². The van der Waals surface area contributed by atoms with Crippen molar-refractivity contribution in [1.29, 1.82) is 0 Å². The standard InChI is InChI=1S/C18H20FN3O2/c19-14-10-16(12-17(11-14)22-5-7-24-8-6-22)21-18(23)9-13-1-3-15(20)4-2-13/h1-4,10-12H,5-9,20H2,(H,21,23). The first-order chi connectivity index (χ1) is 11.6. The average molecular weight is 329 g/mol. The predicted molar refractivity (Wildman–Crippen MR) is 92.6 cm³/mol. The van der Waals surface area contributed by atoms with Crippen molar-refractivity contribution in [2.45, 2.75) is 6.42 Å².